The first kappa shape index (κ1) is 24.7. The maximum Gasteiger partial charge on any atom is 0.273 e. The van der Waals surface area contributed by atoms with Gasteiger partial charge < -0.3 is 20.1 Å². The number of carbonyl (C=O) groups is 2. The summed E-state index contributed by atoms with van der Waals surface area (Å²) in [6, 6.07) is 9.16. The molecule has 1 aliphatic heterocycles. The highest BCUT2D eigenvalue weighted by Crippen LogP contribution is 2.44. The van der Waals surface area contributed by atoms with Crippen LogP contribution in [-0.2, 0) is 10.3 Å². The highest BCUT2D eigenvalue weighted by atomic mass is 16.5. The molecule has 3 aromatic rings. The van der Waals surface area contributed by atoms with E-state index in [1.165, 1.54) is 18.4 Å². The molecule has 2 aliphatic carbocycles. The number of aryl methyl sites for hydroxylation is 2. The summed E-state index contributed by atoms with van der Waals surface area (Å²) in [6.45, 7) is 6.58. The Morgan fingerprint density at radius 1 is 1.08 bits per heavy atom. The zero-order valence-electron chi connectivity index (χ0n) is 21.9. The highest BCUT2D eigenvalue weighted by Gasteiger charge is 2.50. The van der Waals surface area contributed by atoms with E-state index in [0.29, 0.717) is 24.6 Å². The molecule has 3 aliphatic rings. The lowest BCUT2D eigenvalue weighted by Crippen LogP contribution is -2.57. The molecule has 0 bridgehead atoms. The average Bonchev–Trinajstić information content (AvgIpc) is 3.85. The van der Waals surface area contributed by atoms with Gasteiger partial charge in [0, 0.05) is 49.7 Å². The van der Waals surface area contributed by atoms with Gasteiger partial charge >= 0.3 is 0 Å². The number of rotatable bonds is 8. The Morgan fingerprint density at radius 3 is 2.58 bits per heavy atom. The molecule has 9 nitrogen and oxygen atoms in total. The number of likely N-dealkylation sites (tertiary alicyclic amines) is 1. The number of hydrogen-bond donors (Lipinski definition) is 2. The maximum atomic E-state index is 13.7. The Kier molecular flexibility index (Phi) is 6.47. The second kappa shape index (κ2) is 9.94. The van der Waals surface area contributed by atoms with Gasteiger partial charge in [-0.3, -0.25) is 9.59 Å². The summed E-state index contributed by atoms with van der Waals surface area (Å²) in [5.41, 5.74) is 2.93. The summed E-state index contributed by atoms with van der Waals surface area (Å²) < 4.78 is 5.51. The van der Waals surface area contributed by atoms with Crippen LogP contribution in [0.5, 0.6) is 0 Å². The minimum absolute atomic E-state index is 0.0586. The molecule has 0 spiro atoms. The normalized spacial score (nSPS) is 22.6. The first-order chi connectivity index (χ1) is 18.4. The largest absolute Gasteiger partial charge is 0.355 e. The van der Waals surface area contributed by atoms with Gasteiger partial charge in [0.2, 0.25) is 5.91 Å². The van der Waals surface area contributed by atoms with Gasteiger partial charge in [-0.15, -0.1) is 0 Å². The number of aromatic nitrogens is 3. The monoisotopic (exact) mass is 514 g/mol. The van der Waals surface area contributed by atoms with Gasteiger partial charge in [0.05, 0.1) is 11.5 Å². The van der Waals surface area contributed by atoms with E-state index in [0.717, 1.165) is 43.0 Å². The highest BCUT2D eigenvalue weighted by molar-refractivity contribution is 5.94. The summed E-state index contributed by atoms with van der Waals surface area (Å²) in [6.07, 6.45) is 8.28. The first-order valence-corrected chi connectivity index (χ1v) is 13.6. The lowest BCUT2D eigenvalue weighted by Gasteiger charge is -2.38. The molecular formula is C29H34N6O3. The molecule has 1 aromatic carbocycles. The summed E-state index contributed by atoms with van der Waals surface area (Å²) in [7, 11) is 0. The number of carbonyl (C=O) groups excluding carboxylic acids is 2. The molecule has 3 fully saturated rings. The lowest BCUT2D eigenvalue weighted by molar-refractivity contribution is -0.128. The molecule has 0 unspecified atom stereocenters. The third-order valence-corrected chi connectivity index (χ3v) is 8.20. The van der Waals surface area contributed by atoms with Crippen LogP contribution in [0.4, 0.5) is 0 Å². The smallest absolute Gasteiger partial charge is 0.273 e. The average molecular weight is 515 g/mol. The Bertz CT molecular complexity index is 1330. The molecular weight excluding hydrogens is 480 g/mol. The van der Waals surface area contributed by atoms with Crippen molar-refractivity contribution in [2.75, 3.05) is 19.6 Å². The van der Waals surface area contributed by atoms with Crippen LogP contribution in [-0.4, -0.2) is 57.5 Å². The van der Waals surface area contributed by atoms with Crippen molar-refractivity contribution in [3.63, 3.8) is 0 Å². The summed E-state index contributed by atoms with van der Waals surface area (Å²) in [5.74, 6) is 1.17. The van der Waals surface area contributed by atoms with Crippen molar-refractivity contribution >= 4 is 11.8 Å². The third kappa shape index (κ3) is 5.20. The predicted molar refractivity (Wildman–Crippen MR) is 141 cm³/mol. The van der Waals surface area contributed by atoms with Crippen LogP contribution in [0.25, 0.3) is 11.3 Å². The van der Waals surface area contributed by atoms with Gasteiger partial charge in [-0.05, 0) is 75.1 Å². The van der Waals surface area contributed by atoms with E-state index in [4.69, 9.17) is 4.52 Å². The minimum Gasteiger partial charge on any atom is -0.355 e. The number of benzene rings is 1. The van der Waals surface area contributed by atoms with Crippen molar-refractivity contribution in [3.05, 3.63) is 65.4 Å². The number of piperidine rings is 1. The van der Waals surface area contributed by atoms with Gasteiger partial charge in [-0.25, -0.2) is 9.97 Å². The van der Waals surface area contributed by atoms with Gasteiger partial charge in [0.15, 0.2) is 17.3 Å². The molecule has 2 amide bonds. The molecule has 6 rings (SSSR count). The minimum atomic E-state index is -0.501. The van der Waals surface area contributed by atoms with E-state index >= 15 is 0 Å². The van der Waals surface area contributed by atoms with Crippen LogP contribution in [0.3, 0.4) is 0 Å². The molecule has 38 heavy (non-hydrogen) atoms. The van der Waals surface area contributed by atoms with E-state index < -0.39 is 5.54 Å². The van der Waals surface area contributed by atoms with Gasteiger partial charge in [0.25, 0.3) is 5.91 Å². The Balaban J connectivity index is 1.17. The van der Waals surface area contributed by atoms with Crippen LogP contribution in [0.2, 0.25) is 0 Å². The van der Waals surface area contributed by atoms with Crippen LogP contribution in [0.1, 0.15) is 59.5 Å². The van der Waals surface area contributed by atoms with Gasteiger partial charge in [-0.2, -0.15) is 0 Å². The molecule has 0 radical (unpaired) electrons. The molecule has 3 heterocycles. The van der Waals surface area contributed by atoms with Gasteiger partial charge in [-0.1, -0.05) is 17.3 Å². The van der Waals surface area contributed by atoms with Crippen molar-refractivity contribution < 1.29 is 14.1 Å². The van der Waals surface area contributed by atoms with E-state index in [-0.39, 0.29) is 29.5 Å². The predicted octanol–water partition coefficient (Wildman–Crippen LogP) is 3.38. The Labute approximate surface area is 222 Å². The fraction of sp³-hybridized carbons (Fsp3) is 0.483. The number of amides is 2. The van der Waals surface area contributed by atoms with Crippen molar-refractivity contribution in [2.24, 2.45) is 11.8 Å². The van der Waals surface area contributed by atoms with Crippen LogP contribution in [0, 0.1) is 25.7 Å². The zero-order valence-corrected chi connectivity index (χ0v) is 21.9. The summed E-state index contributed by atoms with van der Waals surface area (Å²) >= 11 is 0. The van der Waals surface area contributed by atoms with Crippen LogP contribution < -0.4 is 10.6 Å². The molecule has 2 aromatic heterocycles. The fourth-order valence-corrected chi connectivity index (χ4v) is 5.35. The maximum absolute atomic E-state index is 13.7. The molecule has 1 saturated heterocycles. The summed E-state index contributed by atoms with van der Waals surface area (Å²) in [4.78, 5) is 38.1. The molecule has 9 heteroatoms. The standard InChI is InChI=1S/C29H34N6O3/c1-18-4-7-21(14-19(18)2)25-15-24(34-38-25)27(37)32-23-8-13-35(16-20-5-6-20)17-22(23)26(36)33-29(9-10-29)28-30-11-3-12-31-28/h3-4,7,11-12,14-15,20,22-23H,5-6,8-10,13,16-17H2,1-2H3,(H,32,37)(H,33,36)/t22-,23-/m0/s1. The summed E-state index contributed by atoms with van der Waals surface area (Å²) in [5, 5.41) is 10.4. The first-order valence-electron chi connectivity index (χ1n) is 13.6. The van der Waals surface area contributed by atoms with Crippen LogP contribution >= 0.6 is 0 Å². The SMILES string of the molecule is Cc1ccc(-c2cc(C(=O)N[C@H]3CCN(CC4CC4)C[C@@H]3C(=O)NC3(c4ncccn4)CC3)no2)cc1C. The number of nitrogens with one attached hydrogen (secondary N) is 2. The lowest BCUT2D eigenvalue weighted by atomic mass is 9.90. The number of hydrogen-bond acceptors (Lipinski definition) is 7. The van der Waals surface area contributed by atoms with E-state index in [1.807, 2.05) is 25.1 Å². The van der Waals surface area contributed by atoms with E-state index in [2.05, 4.69) is 37.6 Å². The van der Waals surface area contributed by atoms with Crippen molar-refractivity contribution in [2.45, 2.75) is 57.5 Å². The van der Waals surface area contributed by atoms with Crippen molar-refractivity contribution in [1.29, 1.82) is 0 Å². The van der Waals surface area contributed by atoms with Crippen molar-refractivity contribution in [1.82, 2.24) is 30.7 Å². The van der Waals surface area contributed by atoms with E-state index in [1.54, 1.807) is 24.5 Å². The zero-order chi connectivity index (χ0) is 26.3. The third-order valence-electron chi connectivity index (χ3n) is 8.20. The van der Waals surface area contributed by atoms with Crippen LogP contribution in [0.15, 0.2) is 47.2 Å². The second-order valence-corrected chi connectivity index (χ2v) is 11.2. The molecule has 2 saturated carbocycles. The van der Waals surface area contributed by atoms with Gasteiger partial charge in [0.1, 0.15) is 0 Å². The topological polar surface area (TPSA) is 113 Å². The molecule has 2 atom stereocenters. The second-order valence-electron chi connectivity index (χ2n) is 11.2. The fourth-order valence-electron chi connectivity index (χ4n) is 5.35. The van der Waals surface area contributed by atoms with E-state index in [9.17, 15) is 9.59 Å². The van der Waals surface area contributed by atoms with Crippen molar-refractivity contribution in [3.8, 4) is 11.3 Å². The quantitative estimate of drug-likeness (QED) is 0.474. The molecule has 198 valence electrons. The molecule has 2 N–H and O–H groups in total. The Morgan fingerprint density at radius 2 is 1.87 bits per heavy atom. The number of nitrogens with zero attached hydrogens (tertiary/aromatic N) is 4. The Hall–Kier alpha value is -3.59.